The topological polar surface area (TPSA) is 33.7 Å². The molecule has 0 fully saturated rings. The van der Waals surface area contributed by atoms with E-state index in [4.69, 9.17) is 20.9 Å². The Morgan fingerprint density at radius 3 is 1.11 bits per heavy atom. The molecule has 0 aliphatic rings. The lowest BCUT2D eigenvalue weighted by Crippen LogP contribution is -2.26. The molecule has 0 spiro atoms. The highest BCUT2D eigenvalue weighted by molar-refractivity contribution is 8.08. The van der Waals surface area contributed by atoms with Gasteiger partial charge in [-0.1, -0.05) is 154 Å². The largest absolute Gasteiger partial charge is 0.318 e. The molecule has 0 radical (unpaired) electrons. The molecule has 0 rings (SSSR count). The molecular weight excluding hydrogens is 603 g/mol. The first kappa shape index (κ1) is 46.0. The number of rotatable bonds is 38. The third-order valence-corrected chi connectivity index (χ3v) is 11.4. The van der Waals surface area contributed by atoms with E-state index < -0.39 is 6.64 Å². The number of nitrogens with one attached hydrogen (secondary N) is 1. The van der Waals surface area contributed by atoms with Crippen LogP contribution in [0.5, 0.6) is 0 Å². The minimum atomic E-state index is -2.41. The van der Waals surface area contributed by atoms with E-state index in [1.807, 2.05) is 0 Å². The molecule has 0 saturated carbocycles. The SMILES string of the molecule is CCCCCCCC/C=C\CCCCCCCCOP(=S)(NCCN(C)C)OCCCCCCCC/C=C\CCCCCCCC. The summed E-state index contributed by atoms with van der Waals surface area (Å²) in [6, 6.07) is 0. The lowest BCUT2D eigenvalue weighted by Gasteiger charge is -2.24. The molecule has 0 aromatic rings. The number of unbranched alkanes of at least 4 members (excludes halogenated alkanes) is 24. The Morgan fingerprint density at radius 1 is 0.478 bits per heavy atom. The smallest absolute Gasteiger partial charge is 0.261 e. The Balaban J connectivity index is 3.83. The molecule has 1 N–H and O–H groups in total. The second-order valence-corrected chi connectivity index (χ2v) is 17.0. The zero-order valence-corrected chi connectivity index (χ0v) is 33.3. The van der Waals surface area contributed by atoms with Gasteiger partial charge in [-0.3, -0.25) is 0 Å². The van der Waals surface area contributed by atoms with Gasteiger partial charge in [0.15, 0.2) is 0 Å². The molecule has 0 unspecified atom stereocenters. The Labute approximate surface area is 294 Å². The maximum atomic E-state index is 6.22. The second kappa shape index (κ2) is 37.8. The first-order valence-corrected chi connectivity index (χ1v) is 22.8. The van der Waals surface area contributed by atoms with Gasteiger partial charge in [0.25, 0.3) is 6.64 Å². The van der Waals surface area contributed by atoms with Gasteiger partial charge < -0.3 is 13.9 Å². The van der Waals surface area contributed by atoms with Crippen LogP contribution in [0.25, 0.3) is 0 Å². The molecule has 0 amide bonds. The molecule has 4 nitrogen and oxygen atoms in total. The van der Waals surface area contributed by atoms with Crippen molar-refractivity contribution in [3.8, 4) is 0 Å². The van der Waals surface area contributed by atoms with Crippen LogP contribution < -0.4 is 5.09 Å². The fraction of sp³-hybridized carbons (Fsp3) is 0.900. The van der Waals surface area contributed by atoms with Crippen molar-refractivity contribution in [3.63, 3.8) is 0 Å². The molecule has 0 aromatic carbocycles. The summed E-state index contributed by atoms with van der Waals surface area (Å²) < 4.78 is 12.4. The number of hydrogen-bond donors (Lipinski definition) is 1. The first-order valence-electron chi connectivity index (χ1n) is 20.1. The van der Waals surface area contributed by atoms with Gasteiger partial charge in [0.1, 0.15) is 0 Å². The third kappa shape index (κ3) is 36.8. The normalized spacial score (nSPS) is 12.5. The molecule has 0 bridgehead atoms. The summed E-state index contributed by atoms with van der Waals surface area (Å²) in [6.07, 6.45) is 46.5. The van der Waals surface area contributed by atoms with Crippen molar-refractivity contribution < 1.29 is 9.05 Å². The quantitative estimate of drug-likeness (QED) is 0.0398. The van der Waals surface area contributed by atoms with E-state index in [0.717, 1.165) is 25.9 Å². The van der Waals surface area contributed by atoms with Crippen molar-refractivity contribution in [1.82, 2.24) is 9.99 Å². The highest BCUT2D eigenvalue weighted by atomic mass is 32.5. The molecule has 0 heterocycles. The molecule has 0 saturated heterocycles. The van der Waals surface area contributed by atoms with Crippen molar-refractivity contribution in [2.24, 2.45) is 0 Å². The Morgan fingerprint density at radius 2 is 0.783 bits per heavy atom. The van der Waals surface area contributed by atoms with Crippen molar-refractivity contribution in [1.29, 1.82) is 0 Å². The lowest BCUT2D eigenvalue weighted by atomic mass is 10.1. The molecule has 0 aromatic heterocycles. The van der Waals surface area contributed by atoms with E-state index in [0.29, 0.717) is 13.2 Å². The van der Waals surface area contributed by atoms with Gasteiger partial charge in [-0.25, -0.2) is 5.09 Å². The van der Waals surface area contributed by atoms with E-state index in [1.165, 1.54) is 167 Å². The monoisotopic (exact) mass is 685 g/mol. The van der Waals surface area contributed by atoms with Crippen LogP contribution in [-0.4, -0.2) is 45.3 Å². The Bertz CT molecular complexity index is 653. The van der Waals surface area contributed by atoms with Gasteiger partial charge in [0.05, 0.1) is 13.2 Å². The van der Waals surface area contributed by atoms with Crippen molar-refractivity contribution >= 4 is 18.4 Å². The molecule has 46 heavy (non-hydrogen) atoms. The van der Waals surface area contributed by atoms with Crippen LogP contribution in [0.15, 0.2) is 24.3 Å². The highest BCUT2D eigenvalue weighted by Gasteiger charge is 2.18. The van der Waals surface area contributed by atoms with Gasteiger partial charge in [0.2, 0.25) is 0 Å². The standard InChI is InChI=1S/C40H81N2O2PS/c1-5-7-9-11-13-15-17-19-21-23-25-27-29-31-33-35-39-43-45(46,41-37-38-42(3)4)44-40-36-34-32-30-28-26-24-22-20-18-16-14-12-10-8-6-2/h19-22H,5-18,23-40H2,1-4H3,(H,41,46)/b21-19-,22-20-. The minimum absolute atomic E-state index is 0.709. The van der Waals surface area contributed by atoms with Gasteiger partial charge in [0, 0.05) is 13.1 Å². The predicted molar refractivity (Wildman–Crippen MR) is 212 cm³/mol. The molecule has 0 aliphatic carbocycles. The fourth-order valence-electron chi connectivity index (χ4n) is 5.61. The van der Waals surface area contributed by atoms with E-state index in [9.17, 15) is 0 Å². The summed E-state index contributed by atoms with van der Waals surface area (Å²) in [4.78, 5) is 2.17. The van der Waals surface area contributed by atoms with Gasteiger partial charge in [-0.2, -0.15) is 0 Å². The van der Waals surface area contributed by atoms with Crippen molar-refractivity contribution in [2.75, 3.05) is 40.4 Å². The van der Waals surface area contributed by atoms with Crippen LogP contribution in [0, 0.1) is 0 Å². The number of likely N-dealkylation sites (N-methyl/N-ethyl adjacent to an activating group) is 1. The number of allylic oxidation sites excluding steroid dienone is 4. The van der Waals surface area contributed by atoms with E-state index >= 15 is 0 Å². The van der Waals surface area contributed by atoms with Gasteiger partial charge >= 0.3 is 0 Å². The zero-order valence-electron chi connectivity index (χ0n) is 31.6. The van der Waals surface area contributed by atoms with Gasteiger partial charge in [-0.15, -0.1) is 0 Å². The van der Waals surface area contributed by atoms with Crippen LogP contribution >= 0.6 is 6.64 Å². The van der Waals surface area contributed by atoms with Crippen LogP contribution in [-0.2, 0) is 20.9 Å². The Hall–Kier alpha value is -0.0300. The average Bonchev–Trinajstić information content (AvgIpc) is 3.04. The van der Waals surface area contributed by atoms with Crippen LogP contribution in [0.3, 0.4) is 0 Å². The molecule has 0 atom stereocenters. The summed E-state index contributed by atoms with van der Waals surface area (Å²) >= 11 is 5.90. The number of nitrogens with zero attached hydrogens (tertiary/aromatic N) is 1. The zero-order chi connectivity index (χ0) is 33.7. The summed E-state index contributed by atoms with van der Waals surface area (Å²) in [5.74, 6) is 0. The van der Waals surface area contributed by atoms with Crippen LogP contribution in [0.2, 0.25) is 0 Å². The number of hydrogen-bond acceptors (Lipinski definition) is 4. The van der Waals surface area contributed by atoms with Crippen LogP contribution in [0.1, 0.15) is 194 Å². The molecule has 6 heteroatoms. The van der Waals surface area contributed by atoms with Crippen molar-refractivity contribution in [2.45, 2.75) is 194 Å². The Kier molecular flexibility index (Phi) is 37.8. The summed E-state index contributed by atoms with van der Waals surface area (Å²) in [6.45, 7) is 5.33. The van der Waals surface area contributed by atoms with E-state index in [1.54, 1.807) is 0 Å². The summed E-state index contributed by atoms with van der Waals surface area (Å²) in [5, 5.41) is 3.46. The highest BCUT2D eigenvalue weighted by Crippen LogP contribution is 2.44. The lowest BCUT2D eigenvalue weighted by molar-refractivity contribution is 0.229. The minimum Gasteiger partial charge on any atom is -0.318 e. The average molecular weight is 685 g/mol. The van der Waals surface area contributed by atoms with E-state index in [-0.39, 0.29) is 0 Å². The van der Waals surface area contributed by atoms with Gasteiger partial charge in [-0.05, 0) is 90.1 Å². The first-order chi connectivity index (χ1) is 22.5. The van der Waals surface area contributed by atoms with Crippen molar-refractivity contribution in [3.05, 3.63) is 24.3 Å². The van der Waals surface area contributed by atoms with E-state index in [2.05, 4.69) is 62.2 Å². The maximum Gasteiger partial charge on any atom is 0.261 e. The maximum absolute atomic E-state index is 6.22. The fourth-order valence-corrected chi connectivity index (χ4v) is 7.70. The second-order valence-electron chi connectivity index (χ2n) is 13.8. The predicted octanol–water partition coefficient (Wildman–Crippen LogP) is 13.5. The van der Waals surface area contributed by atoms with Crippen LogP contribution in [0.4, 0.5) is 0 Å². The summed E-state index contributed by atoms with van der Waals surface area (Å²) in [5.41, 5.74) is 0. The molecule has 0 aliphatic heterocycles. The molecular formula is C40H81N2O2PS. The summed E-state index contributed by atoms with van der Waals surface area (Å²) in [7, 11) is 4.18. The molecule has 274 valence electrons. The third-order valence-electron chi connectivity index (χ3n) is 8.70.